The third-order valence-electron chi connectivity index (χ3n) is 6.83. The van der Waals surface area contributed by atoms with Crippen molar-refractivity contribution in [3.05, 3.63) is 116 Å². The van der Waals surface area contributed by atoms with Crippen LogP contribution in [0.5, 0.6) is 5.75 Å². The summed E-state index contributed by atoms with van der Waals surface area (Å²) in [6.45, 7) is 4.11. The molecule has 0 spiro atoms. The molecule has 0 aliphatic rings. The maximum atomic E-state index is 13.9. The Morgan fingerprint density at radius 3 is 2.53 bits per heavy atom. The Morgan fingerprint density at radius 2 is 1.86 bits per heavy atom. The van der Waals surface area contributed by atoms with E-state index in [0.29, 0.717) is 30.2 Å². The molecule has 5 aromatic rings. The third kappa shape index (κ3) is 6.43. The van der Waals surface area contributed by atoms with Crippen LogP contribution in [0, 0.1) is 5.82 Å². The molecule has 222 valence electrons. The van der Waals surface area contributed by atoms with E-state index < -0.39 is 41.5 Å². The first-order valence-corrected chi connectivity index (χ1v) is 14.2. The number of halogens is 4. The normalized spacial score (nSPS) is 12.3. The zero-order chi connectivity index (χ0) is 30.7. The van der Waals surface area contributed by atoms with Crippen molar-refractivity contribution in [2.45, 2.75) is 39.0 Å². The second-order valence-electron chi connectivity index (χ2n) is 9.68. The molecule has 7 nitrogen and oxygen atoms in total. The number of rotatable bonds is 9. The minimum atomic E-state index is -4.91. The third-order valence-corrected chi connectivity index (χ3v) is 7.70. The Labute approximate surface area is 248 Å². The molecular weight excluding hydrogens is 584 g/mol. The average Bonchev–Trinajstić information content (AvgIpc) is 3.50. The number of aromatic nitrogens is 3. The minimum Gasteiger partial charge on any atom is -0.494 e. The fourth-order valence-electron chi connectivity index (χ4n) is 4.75. The number of amides is 1. The first kappa shape index (κ1) is 29.9. The van der Waals surface area contributed by atoms with E-state index in [4.69, 9.17) is 9.72 Å². The van der Waals surface area contributed by atoms with Crippen LogP contribution in [0.2, 0.25) is 0 Å². The predicted molar refractivity (Wildman–Crippen MR) is 155 cm³/mol. The number of alkyl halides is 3. The van der Waals surface area contributed by atoms with Gasteiger partial charge in [-0.25, -0.2) is 14.4 Å². The van der Waals surface area contributed by atoms with Crippen molar-refractivity contribution in [3.8, 4) is 11.4 Å². The zero-order valence-corrected chi connectivity index (χ0v) is 24.0. The Morgan fingerprint density at radius 1 is 1.09 bits per heavy atom. The van der Waals surface area contributed by atoms with Gasteiger partial charge in [0.25, 0.3) is 5.56 Å². The predicted octanol–water partition coefficient (Wildman–Crippen LogP) is 6.73. The van der Waals surface area contributed by atoms with Gasteiger partial charge in [-0.05, 0) is 79.4 Å². The number of carbonyl (C=O) groups is 1. The van der Waals surface area contributed by atoms with E-state index in [-0.39, 0.29) is 29.0 Å². The lowest BCUT2D eigenvalue weighted by Crippen LogP contribution is -2.38. The van der Waals surface area contributed by atoms with Gasteiger partial charge in [-0.1, -0.05) is 12.1 Å². The summed E-state index contributed by atoms with van der Waals surface area (Å²) in [5, 5.41) is 2.11. The lowest BCUT2D eigenvalue weighted by atomic mass is 10.1. The number of thiophene rings is 1. The van der Waals surface area contributed by atoms with Crippen molar-refractivity contribution in [1.29, 1.82) is 0 Å². The van der Waals surface area contributed by atoms with Crippen LogP contribution in [0.4, 0.5) is 17.6 Å². The van der Waals surface area contributed by atoms with Gasteiger partial charge in [0.15, 0.2) is 5.65 Å². The molecular formula is C31H26F4N4O3S. The maximum Gasteiger partial charge on any atom is 0.419 e. The van der Waals surface area contributed by atoms with Crippen LogP contribution in [-0.2, 0) is 23.9 Å². The molecule has 3 heterocycles. The van der Waals surface area contributed by atoms with Gasteiger partial charge in [0.2, 0.25) is 5.91 Å². The second-order valence-corrected chi connectivity index (χ2v) is 10.7. The highest BCUT2D eigenvalue weighted by Crippen LogP contribution is 2.33. The molecule has 0 N–H and O–H groups in total. The largest absolute Gasteiger partial charge is 0.494 e. The average molecular weight is 611 g/mol. The molecule has 0 fully saturated rings. The Hall–Kier alpha value is -4.58. The van der Waals surface area contributed by atoms with E-state index in [0.717, 1.165) is 10.9 Å². The van der Waals surface area contributed by atoms with Crippen LogP contribution in [0.1, 0.15) is 41.7 Å². The van der Waals surface area contributed by atoms with Gasteiger partial charge in [-0.15, -0.1) is 11.3 Å². The van der Waals surface area contributed by atoms with E-state index in [1.807, 2.05) is 24.4 Å². The van der Waals surface area contributed by atoms with E-state index in [1.54, 1.807) is 43.3 Å². The minimum absolute atomic E-state index is 0.000791. The van der Waals surface area contributed by atoms with Crippen LogP contribution < -0.4 is 10.3 Å². The van der Waals surface area contributed by atoms with Gasteiger partial charge in [0.1, 0.15) is 17.4 Å². The number of hydrogen-bond donors (Lipinski definition) is 0. The van der Waals surface area contributed by atoms with Gasteiger partial charge < -0.3 is 9.64 Å². The van der Waals surface area contributed by atoms with Crippen LogP contribution in [0.25, 0.3) is 16.7 Å². The molecule has 3 aromatic heterocycles. The summed E-state index contributed by atoms with van der Waals surface area (Å²) in [5.41, 5.74) is -1.18. The van der Waals surface area contributed by atoms with Crippen LogP contribution in [0.15, 0.2) is 83.1 Å². The Kier molecular flexibility index (Phi) is 8.58. The standard InChI is InChI=1S/C31H26F4N4O3S/c1-3-42-22-11-9-21(10-12-22)39-29(37-28-24(30(39)41)7-4-14-36-28)19(2)38(18-23-6-5-15-43-23)27(40)17-20-8-13-26(32)25(16-20)31(33,34)35/h4-16,19H,3,17-18H2,1-2H3. The molecule has 43 heavy (non-hydrogen) atoms. The van der Waals surface area contributed by atoms with Crippen molar-refractivity contribution < 1.29 is 27.1 Å². The maximum absolute atomic E-state index is 13.9. The zero-order valence-electron chi connectivity index (χ0n) is 23.1. The molecule has 0 aliphatic heterocycles. The smallest absolute Gasteiger partial charge is 0.419 e. The number of nitrogens with zero attached hydrogens (tertiary/aromatic N) is 4. The summed E-state index contributed by atoms with van der Waals surface area (Å²) in [4.78, 5) is 38.9. The summed E-state index contributed by atoms with van der Waals surface area (Å²) >= 11 is 1.40. The molecule has 1 atom stereocenters. The SMILES string of the molecule is CCOc1ccc(-n2c(C(C)N(Cc3cccs3)C(=O)Cc3ccc(F)c(C(F)(F)F)c3)nc3ncccc3c2=O)cc1. The lowest BCUT2D eigenvalue weighted by molar-refractivity contribution is -0.140. The van der Waals surface area contributed by atoms with Crippen molar-refractivity contribution >= 4 is 28.3 Å². The molecule has 1 unspecified atom stereocenters. The number of hydrogen-bond acceptors (Lipinski definition) is 6. The number of ether oxygens (including phenoxy) is 1. The van der Waals surface area contributed by atoms with E-state index in [1.165, 1.54) is 27.0 Å². The van der Waals surface area contributed by atoms with E-state index in [2.05, 4.69) is 4.98 Å². The summed E-state index contributed by atoms with van der Waals surface area (Å²) in [7, 11) is 0. The fraction of sp³-hybridized carbons (Fsp3) is 0.226. The molecule has 0 aliphatic carbocycles. The first-order chi connectivity index (χ1) is 20.6. The van der Waals surface area contributed by atoms with Crippen LogP contribution in [-0.4, -0.2) is 31.9 Å². The molecule has 1 amide bonds. The summed E-state index contributed by atoms with van der Waals surface area (Å²) in [6.07, 6.45) is -3.84. The fourth-order valence-corrected chi connectivity index (χ4v) is 5.45. The second kappa shape index (κ2) is 12.3. The number of benzene rings is 2. The first-order valence-electron chi connectivity index (χ1n) is 13.3. The van der Waals surface area contributed by atoms with Gasteiger partial charge in [-0.3, -0.25) is 14.2 Å². The Bertz CT molecular complexity index is 1810. The van der Waals surface area contributed by atoms with Crippen LogP contribution in [0.3, 0.4) is 0 Å². The molecule has 5 rings (SSSR count). The van der Waals surface area contributed by atoms with Gasteiger partial charge in [0, 0.05) is 11.1 Å². The molecule has 2 aromatic carbocycles. The number of fused-ring (bicyclic) bond motifs is 1. The van der Waals surface area contributed by atoms with E-state index in [9.17, 15) is 27.2 Å². The van der Waals surface area contributed by atoms with Crippen molar-refractivity contribution in [1.82, 2.24) is 19.4 Å². The van der Waals surface area contributed by atoms with Gasteiger partial charge >= 0.3 is 6.18 Å². The molecule has 0 saturated heterocycles. The number of carbonyl (C=O) groups excluding carboxylic acids is 1. The molecule has 12 heteroatoms. The molecule has 0 radical (unpaired) electrons. The van der Waals surface area contributed by atoms with Gasteiger partial charge in [0.05, 0.1) is 42.3 Å². The monoisotopic (exact) mass is 610 g/mol. The highest BCUT2D eigenvalue weighted by Gasteiger charge is 2.35. The summed E-state index contributed by atoms with van der Waals surface area (Å²) < 4.78 is 61.0. The molecule has 0 saturated carbocycles. The number of pyridine rings is 1. The summed E-state index contributed by atoms with van der Waals surface area (Å²) in [6, 6.07) is 15.4. The van der Waals surface area contributed by atoms with Gasteiger partial charge in [-0.2, -0.15) is 13.2 Å². The lowest BCUT2D eigenvalue weighted by Gasteiger charge is -2.30. The van der Waals surface area contributed by atoms with Crippen molar-refractivity contribution in [3.63, 3.8) is 0 Å². The van der Waals surface area contributed by atoms with Crippen LogP contribution >= 0.6 is 11.3 Å². The van der Waals surface area contributed by atoms with Crippen molar-refractivity contribution in [2.24, 2.45) is 0 Å². The highest BCUT2D eigenvalue weighted by molar-refractivity contribution is 7.09. The van der Waals surface area contributed by atoms with Crippen molar-refractivity contribution in [2.75, 3.05) is 6.61 Å². The van der Waals surface area contributed by atoms with E-state index >= 15 is 0 Å². The molecule has 0 bridgehead atoms. The quantitative estimate of drug-likeness (QED) is 0.173. The Balaban J connectivity index is 1.60. The topological polar surface area (TPSA) is 77.3 Å². The highest BCUT2D eigenvalue weighted by atomic mass is 32.1. The summed E-state index contributed by atoms with van der Waals surface area (Å²) in [5.74, 6) is -1.13.